The first-order valence-corrected chi connectivity index (χ1v) is 9.07. The third kappa shape index (κ3) is 4.12. The van der Waals surface area contributed by atoms with Crippen molar-refractivity contribution in [2.45, 2.75) is 13.3 Å². The number of piperazine rings is 1. The molecule has 0 spiro atoms. The Kier molecular flexibility index (Phi) is 5.57. The Morgan fingerprint density at radius 1 is 1.40 bits per heavy atom. The number of aromatic nitrogens is 2. The van der Waals surface area contributed by atoms with Gasteiger partial charge in [-0.1, -0.05) is 6.92 Å². The second kappa shape index (κ2) is 7.86. The average Bonchev–Trinajstić information content (AvgIpc) is 3.24. The molecular formula is C17H29N7O. The fourth-order valence-corrected chi connectivity index (χ4v) is 3.61. The predicted molar refractivity (Wildman–Crippen MR) is 98.7 cm³/mol. The standard InChI is InChI=1S/C17H29N7O/c1-4-22-6-5-14(11-22)9-19-17(18-2)23-7-8-24(16(25)13-23)15-10-20-21(3)12-15/h10,12,14H,4-9,11,13H2,1-3H3,(H,18,19). The average molecular weight is 347 g/mol. The Hall–Kier alpha value is -2.09. The summed E-state index contributed by atoms with van der Waals surface area (Å²) in [6, 6.07) is 0. The van der Waals surface area contributed by atoms with Crippen molar-refractivity contribution < 1.29 is 4.79 Å². The molecule has 1 N–H and O–H groups in total. The maximum absolute atomic E-state index is 12.5. The summed E-state index contributed by atoms with van der Waals surface area (Å²) in [4.78, 5) is 23.2. The molecule has 2 aliphatic heterocycles. The smallest absolute Gasteiger partial charge is 0.246 e. The molecule has 0 aliphatic carbocycles. The summed E-state index contributed by atoms with van der Waals surface area (Å²) in [5, 5.41) is 7.62. The second-order valence-electron chi connectivity index (χ2n) is 6.82. The van der Waals surface area contributed by atoms with E-state index in [0.717, 1.165) is 37.8 Å². The fourth-order valence-electron chi connectivity index (χ4n) is 3.61. The maximum atomic E-state index is 12.5. The molecule has 25 heavy (non-hydrogen) atoms. The third-order valence-corrected chi connectivity index (χ3v) is 5.10. The highest BCUT2D eigenvalue weighted by Crippen LogP contribution is 2.17. The van der Waals surface area contributed by atoms with Gasteiger partial charge in [0.15, 0.2) is 5.96 Å². The van der Waals surface area contributed by atoms with Crippen molar-refractivity contribution in [2.24, 2.45) is 18.0 Å². The van der Waals surface area contributed by atoms with Crippen LogP contribution in [0.4, 0.5) is 5.69 Å². The number of hydrogen-bond donors (Lipinski definition) is 1. The molecular weight excluding hydrogens is 318 g/mol. The molecule has 0 aromatic carbocycles. The van der Waals surface area contributed by atoms with Gasteiger partial charge in [-0.15, -0.1) is 0 Å². The van der Waals surface area contributed by atoms with E-state index in [2.05, 4.69) is 27.2 Å². The van der Waals surface area contributed by atoms with Crippen molar-refractivity contribution in [3.05, 3.63) is 12.4 Å². The highest BCUT2D eigenvalue weighted by molar-refractivity contribution is 5.98. The molecule has 1 unspecified atom stereocenters. The maximum Gasteiger partial charge on any atom is 0.246 e. The van der Waals surface area contributed by atoms with Crippen molar-refractivity contribution in [3.8, 4) is 0 Å². The van der Waals surface area contributed by atoms with E-state index in [-0.39, 0.29) is 5.91 Å². The molecule has 3 rings (SSSR count). The largest absolute Gasteiger partial charge is 0.356 e. The summed E-state index contributed by atoms with van der Waals surface area (Å²) >= 11 is 0. The predicted octanol–water partition coefficient (Wildman–Crippen LogP) is -0.0141. The van der Waals surface area contributed by atoms with Crippen molar-refractivity contribution in [2.75, 3.05) is 57.8 Å². The lowest BCUT2D eigenvalue weighted by Gasteiger charge is -2.35. The van der Waals surface area contributed by atoms with Crippen LogP contribution in [-0.4, -0.2) is 84.3 Å². The minimum Gasteiger partial charge on any atom is -0.356 e. The number of likely N-dealkylation sites (tertiary alicyclic amines) is 1. The molecule has 138 valence electrons. The molecule has 8 nitrogen and oxygen atoms in total. The van der Waals surface area contributed by atoms with Crippen LogP contribution in [0.25, 0.3) is 0 Å². The van der Waals surface area contributed by atoms with Crippen LogP contribution in [0.15, 0.2) is 17.4 Å². The number of rotatable bonds is 4. The van der Waals surface area contributed by atoms with E-state index in [1.54, 1.807) is 22.8 Å². The number of hydrogen-bond acceptors (Lipinski definition) is 4. The number of amides is 1. The van der Waals surface area contributed by atoms with Gasteiger partial charge >= 0.3 is 0 Å². The van der Waals surface area contributed by atoms with E-state index in [0.29, 0.717) is 19.0 Å². The number of aliphatic imine (C=N–C) groups is 1. The number of aryl methyl sites for hydroxylation is 1. The monoisotopic (exact) mass is 347 g/mol. The molecule has 0 bridgehead atoms. The highest BCUT2D eigenvalue weighted by atomic mass is 16.2. The highest BCUT2D eigenvalue weighted by Gasteiger charge is 2.28. The summed E-state index contributed by atoms with van der Waals surface area (Å²) in [7, 11) is 3.64. The zero-order chi connectivity index (χ0) is 17.8. The minimum absolute atomic E-state index is 0.0835. The van der Waals surface area contributed by atoms with Crippen molar-refractivity contribution >= 4 is 17.6 Å². The molecule has 1 atom stereocenters. The molecule has 2 saturated heterocycles. The molecule has 2 fully saturated rings. The van der Waals surface area contributed by atoms with Crippen LogP contribution in [0.3, 0.4) is 0 Å². The van der Waals surface area contributed by atoms with Gasteiger partial charge in [0.2, 0.25) is 5.91 Å². The molecule has 0 saturated carbocycles. The second-order valence-corrected chi connectivity index (χ2v) is 6.82. The molecule has 8 heteroatoms. The third-order valence-electron chi connectivity index (χ3n) is 5.10. The van der Waals surface area contributed by atoms with Crippen LogP contribution < -0.4 is 10.2 Å². The summed E-state index contributed by atoms with van der Waals surface area (Å²) in [6.07, 6.45) is 4.84. The van der Waals surface area contributed by atoms with E-state index in [1.165, 1.54) is 13.0 Å². The summed E-state index contributed by atoms with van der Waals surface area (Å²) in [6.45, 7) is 8.35. The van der Waals surface area contributed by atoms with Crippen molar-refractivity contribution in [3.63, 3.8) is 0 Å². The number of nitrogens with zero attached hydrogens (tertiary/aromatic N) is 6. The van der Waals surface area contributed by atoms with Gasteiger partial charge < -0.3 is 20.0 Å². The van der Waals surface area contributed by atoms with E-state index >= 15 is 0 Å². The number of guanidine groups is 1. The number of nitrogens with one attached hydrogen (secondary N) is 1. The number of carbonyl (C=O) groups excluding carboxylic acids is 1. The van der Waals surface area contributed by atoms with Crippen molar-refractivity contribution in [1.29, 1.82) is 0 Å². The zero-order valence-electron chi connectivity index (χ0n) is 15.5. The molecule has 3 heterocycles. The quantitative estimate of drug-likeness (QED) is 0.613. The summed E-state index contributed by atoms with van der Waals surface area (Å²) < 4.78 is 1.72. The van der Waals surface area contributed by atoms with Crippen LogP contribution >= 0.6 is 0 Å². The Balaban J connectivity index is 1.52. The minimum atomic E-state index is 0.0835. The molecule has 0 radical (unpaired) electrons. The van der Waals surface area contributed by atoms with Gasteiger partial charge in [-0.2, -0.15) is 5.10 Å². The first kappa shape index (κ1) is 17.7. The molecule has 1 amide bonds. The topological polar surface area (TPSA) is 69.0 Å². The molecule has 1 aromatic heterocycles. The Morgan fingerprint density at radius 2 is 2.24 bits per heavy atom. The van der Waals surface area contributed by atoms with Gasteiger partial charge in [0, 0.05) is 46.5 Å². The van der Waals surface area contributed by atoms with E-state index < -0.39 is 0 Å². The summed E-state index contributed by atoms with van der Waals surface area (Å²) in [5.74, 6) is 1.57. The molecule has 1 aromatic rings. The SMILES string of the molecule is CCN1CCC(CNC(=NC)N2CCN(c3cnn(C)c3)C(=O)C2)C1. The van der Waals surface area contributed by atoms with Gasteiger partial charge in [0.1, 0.15) is 6.54 Å². The van der Waals surface area contributed by atoms with Gasteiger partial charge in [0.25, 0.3) is 0 Å². The van der Waals surface area contributed by atoms with Gasteiger partial charge in [-0.25, -0.2) is 0 Å². The van der Waals surface area contributed by atoms with Gasteiger partial charge in [0.05, 0.1) is 11.9 Å². The molecule has 2 aliphatic rings. The number of carbonyl (C=O) groups is 1. The first-order chi connectivity index (χ1) is 12.1. The Morgan fingerprint density at radius 3 is 2.84 bits per heavy atom. The summed E-state index contributed by atoms with van der Waals surface area (Å²) in [5.41, 5.74) is 0.862. The van der Waals surface area contributed by atoms with Crippen LogP contribution in [0, 0.1) is 5.92 Å². The van der Waals surface area contributed by atoms with Gasteiger partial charge in [-0.3, -0.25) is 14.5 Å². The lowest BCUT2D eigenvalue weighted by molar-refractivity contribution is -0.120. The van der Waals surface area contributed by atoms with Crippen molar-refractivity contribution in [1.82, 2.24) is 24.9 Å². The Labute approximate surface area is 149 Å². The van der Waals surface area contributed by atoms with E-state index in [1.807, 2.05) is 18.1 Å². The van der Waals surface area contributed by atoms with E-state index in [9.17, 15) is 4.79 Å². The van der Waals surface area contributed by atoms with Gasteiger partial charge in [-0.05, 0) is 25.4 Å². The fraction of sp³-hybridized carbons (Fsp3) is 0.706. The number of anilines is 1. The van der Waals surface area contributed by atoms with Crippen LogP contribution in [0.5, 0.6) is 0 Å². The van der Waals surface area contributed by atoms with E-state index in [4.69, 9.17) is 0 Å². The van der Waals surface area contributed by atoms with Crippen LogP contribution in [0.2, 0.25) is 0 Å². The first-order valence-electron chi connectivity index (χ1n) is 9.07. The normalized spacial score (nSPS) is 22.8. The van der Waals surface area contributed by atoms with Crippen LogP contribution in [-0.2, 0) is 11.8 Å². The Bertz CT molecular complexity index is 626. The van der Waals surface area contributed by atoms with Crippen LogP contribution in [0.1, 0.15) is 13.3 Å². The zero-order valence-corrected chi connectivity index (χ0v) is 15.5. The lowest BCUT2D eigenvalue weighted by atomic mass is 10.1. The lowest BCUT2D eigenvalue weighted by Crippen LogP contribution is -2.55.